The van der Waals surface area contributed by atoms with Crippen LogP contribution in [0, 0.1) is 18.3 Å². The molecule has 2 fully saturated rings. The fraction of sp³-hybridized carbons (Fsp3) is 0.667. The van der Waals surface area contributed by atoms with E-state index < -0.39 is 0 Å². The van der Waals surface area contributed by atoms with E-state index in [1.807, 2.05) is 4.90 Å². The standard InChI is InChI=1S/C18H28N4OS/c1-5-9-19-17(24)21-11-7-18(8-12-21)20-15(13-14(3)4)16(23)22(18)10-6-2/h2,5,14-15,20H,1,7-13H2,3-4H3,(H,19,24). The SMILES string of the molecule is C#CCN1C(=O)C(CC(C)C)NC12CCN(C(=S)NCC=C)CC2. The van der Waals surface area contributed by atoms with Gasteiger partial charge in [-0.3, -0.25) is 10.1 Å². The van der Waals surface area contributed by atoms with Gasteiger partial charge in [0.25, 0.3) is 0 Å². The molecule has 0 aromatic carbocycles. The lowest BCUT2D eigenvalue weighted by atomic mass is 9.96. The molecule has 2 N–H and O–H groups in total. The summed E-state index contributed by atoms with van der Waals surface area (Å²) in [5, 5.41) is 7.51. The van der Waals surface area contributed by atoms with Crippen molar-refractivity contribution in [2.75, 3.05) is 26.2 Å². The zero-order valence-corrected chi connectivity index (χ0v) is 15.5. The van der Waals surface area contributed by atoms with E-state index in [-0.39, 0.29) is 17.6 Å². The van der Waals surface area contributed by atoms with Crippen molar-refractivity contribution >= 4 is 23.2 Å². The quantitative estimate of drug-likeness (QED) is 0.446. The number of thiocarbonyl (C=S) groups is 1. The van der Waals surface area contributed by atoms with Gasteiger partial charge in [0, 0.05) is 32.5 Å². The zero-order valence-electron chi connectivity index (χ0n) is 14.7. The van der Waals surface area contributed by atoms with Gasteiger partial charge in [0.15, 0.2) is 5.11 Å². The first-order valence-corrected chi connectivity index (χ1v) is 9.00. The third kappa shape index (κ3) is 3.90. The van der Waals surface area contributed by atoms with Crippen LogP contribution in [-0.2, 0) is 4.79 Å². The maximum atomic E-state index is 12.8. The second kappa shape index (κ2) is 8.00. The van der Waals surface area contributed by atoms with Gasteiger partial charge < -0.3 is 15.1 Å². The van der Waals surface area contributed by atoms with Crippen molar-refractivity contribution in [3.8, 4) is 12.3 Å². The smallest absolute Gasteiger partial charge is 0.242 e. The number of carbonyl (C=O) groups is 1. The van der Waals surface area contributed by atoms with Gasteiger partial charge >= 0.3 is 0 Å². The van der Waals surface area contributed by atoms with E-state index in [1.54, 1.807) is 6.08 Å². The number of rotatable bonds is 5. The van der Waals surface area contributed by atoms with E-state index in [9.17, 15) is 4.79 Å². The minimum Gasteiger partial charge on any atom is -0.359 e. The first-order valence-electron chi connectivity index (χ1n) is 8.60. The molecule has 2 aliphatic heterocycles. The Bertz CT molecular complexity index is 532. The highest BCUT2D eigenvalue weighted by Gasteiger charge is 2.51. The van der Waals surface area contributed by atoms with Crippen molar-refractivity contribution in [1.29, 1.82) is 0 Å². The molecule has 2 heterocycles. The maximum absolute atomic E-state index is 12.8. The number of hydrogen-bond acceptors (Lipinski definition) is 3. The molecule has 5 nitrogen and oxygen atoms in total. The molecule has 0 aliphatic carbocycles. The zero-order chi connectivity index (χ0) is 17.7. The maximum Gasteiger partial charge on any atom is 0.242 e. The molecule has 1 amide bonds. The molecular weight excluding hydrogens is 320 g/mol. The van der Waals surface area contributed by atoms with Crippen molar-refractivity contribution in [1.82, 2.24) is 20.4 Å². The van der Waals surface area contributed by atoms with Gasteiger partial charge in [0.2, 0.25) is 5.91 Å². The first kappa shape index (κ1) is 18.8. The normalized spacial score (nSPS) is 22.8. The molecule has 132 valence electrons. The Labute approximate surface area is 150 Å². The topological polar surface area (TPSA) is 47.6 Å². The number of likely N-dealkylation sites (tertiary alicyclic amines) is 1. The summed E-state index contributed by atoms with van der Waals surface area (Å²) in [4.78, 5) is 16.8. The van der Waals surface area contributed by atoms with E-state index in [1.165, 1.54) is 0 Å². The Morgan fingerprint density at radius 2 is 2.25 bits per heavy atom. The van der Waals surface area contributed by atoms with Crippen LogP contribution in [0.3, 0.4) is 0 Å². The van der Waals surface area contributed by atoms with Gasteiger partial charge in [0.05, 0.1) is 18.2 Å². The molecule has 0 bridgehead atoms. The summed E-state index contributed by atoms with van der Waals surface area (Å²) in [5.41, 5.74) is -0.326. The molecule has 2 saturated heterocycles. The molecule has 1 unspecified atom stereocenters. The van der Waals surface area contributed by atoms with Crippen molar-refractivity contribution in [2.45, 2.75) is 44.8 Å². The first-order chi connectivity index (χ1) is 11.4. The summed E-state index contributed by atoms with van der Waals surface area (Å²) < 4.78 is 0. The lowest BCUT2D eigenvalue weighted by Crippen LogP contribution is -2.60. The molecule has 2 rings (SSSR count). The highest BCUT2D eigenvalue weighted by Crippen LogP contribution is 2.33. The number of terminal acetylenes is 1. The van der Waals surface area contributed by atoms with Crippen LogP contribution < -0.4 is 10.6 Å². The Kier molecular flexibility index (Phi) is 6.25. The van der Waals surface area contributed by atoms with Crippen LogP contribution in [0.15, 0.2) is 12.7 Å². The van der Waals surface area contributed by atoms with E-state index in [4.69, 9.17) is 18.6 Å². The fourth-order valence-corrected chi connectivity index (χ4v) is 3.85. The summed E-state index contributed by atoms with van der Waals surface area (Å²) in [5.74, 6) is 3.25. The predicted molar refractivity (Wildman–Crippen MR) is 101 cm³/mol. The lowest BCUT2D eigenvalue weighted by molar-refractivity contribution is -0.132. The van der Waals surface area contributed by atoms with Gasteiger partial charge in [-0.15, -0.1) is 13.0 Å². The third-order valence-corrected chi connectivity index (χ3v) is 5.16. The predicted octanol–water partition coefficient (Wildman–Crippen LogP) is 1.32. The molecule has 0 aromatic rings. The molecule has 0 radical (unpaired) electrons. The van der Waals surface area contributed by atoms with Gasteiger partial charge in [-0.25, -0.2) is 0 Å². The van der Waals surface area contributed by atoms with Crippen molar-refractivity contribution in [3.63, 3.8) is 0 Å². The van der Waals surface area contributed by atoms with E-state index in [0.29, 0.717) is 19.0 Å². The molecule has 2 aliphatic rings. The third-order valence-electron chi connectivity index (χ3n) is 4.76. The monoisotopic (exact) mass is 348 g/mol. The minimum absolute atomic E-state index is 0.129. The number of nitrogens with zero attached hydrogens (tertiary/aromatic N) is 2. The van der Waals surface area contributed by atoms with Crippen LogP contribution in [0.1, 0.15) is 33.1 Å². The van der Waals surface area contributed by atoms with Crippen molar-refractivity contribution in [3.05, 3.63) is 12.7 Å². The molecular formula is C18H28N4OS. The number of carbonyl (C=O) groups excluding carboxylic acids is 1. The Morgan fingerprint density at radius 3 is 2.79 bits per heavy atom. The highest BCUT2D eigenvalue weighted by atomic mass is 32.1. The van der Waals surface area contributed by atoms with Gasteiger partial charge in [-0.2, -0.15) is 0 Å². The Hall–Kier alpha value is -1.58. The largest absolute Gasteiger partial charge is 0.359 e. The molecule has 0 saturated carbocycles. The highest BCUT2D eigenvalue weighted by molar-refractivity contribution is 7.80. The van der Waals surface area contributed by atoms with Crippen LogP contribution in [-0.4, -0.2) is 58.7 Å². The average molecular weight is 349 g/mol. The van der Waals surface area contributed by atoms with Gasteiger partial charge in [-0.05, 0) is 24.6 Å². The molecule has 1 spiro atoms. The molecule has 6 heteroatoms. The summed E-state index contributed by atoms with van der Waals surface area (Å²) in [6.45, 7) is 10.6. The van der Waals surface area contributed by atoms with Gasteiger partial charge in [-0.1, -0.05) is 25.8 Å². The summed E-state index contributed by atoms with van der Waals surface area (Å²) in [6, 6.07) is -0.129. The second-order valence-electron chi connectivity index (χ2n) is 6.95. The van der Waals surface area contributed by atoms with Crippen LogP contribution >= 0.6 is 12.2 Å². The van der Waals surface area contributed by atoms with Crippen LogP contribution in [0.25, 0.3) is 0 Å². The second-order valence-corrected chi connectivity index (χ2v) is 7.34. The van der Waals surface area contributed by atoms with Crippen LogP contribution in [0.5, 0.6) is 0 Å². The number of nitrogens with one attached hydrogen (secondary N) is 2. The average Bonchev–Trinajstić information content (AvgIpc) is 2.78. The van der Waals surface area contributed by atoms with E-state index in [2.05, 4.69) is 41.9 Å². The summed E-state index contributed by atoms with van der Waals surface area (Å²) in [6.07, 6.45) is 9.79. The number of hydrogen-bond donors (Lipinski definition) is 2. The number of piperidine rings is 1. The van der Waals surface area contributed by atoms with Crippen molar-refractivity contribution < 1.29 is 4.79 Å². The lowest BCUT2D eigenvalue weighted by Gasteiger charge is -2.44. The molecule has 24 heavy (non-hydrogen) atoms. The van der Waals surface area contributed by atoms with Gasteiger partial charge in [0.1, 0.15) is 0 Å². The number of amides is 1. The fourth-order valence-electron chi connectivity index (χ4n) is 3.58. The Morgan fingerprint density at radius 1 is 1.58 bits per heavy atom. The summed E-state index contributed by atoms with van der Waals surface area (Å²) in [7, 11) is 0. The van der Waals surface area contributed by atoms with E-state index >= 15 is 0 Å². The van der Waals surface area contributed by atoms with Crippen LogP contribution in [0.2, 0.25) is 0 Å². The van der Waals surface area contributed by atoms with Crippen molar-refractivity contribution in [2.24, 2.45) is 5.92 Å². The van der Waals surface area contributed by atoms with Crippen LogP contribution in [0.4, 0.5) is 0 Å². The molecule has 0 aromatic heterocycles. The Balaban J connectivity index is 2.06. The summed E-state index contributed by atoms with van der Waals surface area (Å²) >= 11 is 5.42. The van der Waals surface area contributed by atoms with E-state index in [0.717, 1.165) is 37.5 Å². The minimum atomic E-state index is -0.326. The molecule has 1 atom stereocenters.